The molecule has 0 spiro atoms. The van der Waals surface area contributed by atoms with Gasteiger partial charge in [-0.3, -0.25) is 14.7 Å². The smallest absolute Gasteiger partial charge is 0.274 e. The standard InChI is InChI=1S/C10H9ClN4O2/c11-5-3-1-2-4-6(5)12-10(17)8-7(9(4)16)13-15-14-8/h1,3-6H,2H2,(H,12,17)(H,13,14,15). The van der Waals surface area contributed by atoms with Gasteiger partial charge in [0.2, 0.25) is 0 Å². The highest BCUT2D eigenvalue weighted by Crippen LogP contribution is 2.29. The van der Waals surface area contributed by atoms with E-state index < -0.39 is 5.91 Å². The number of aromatic amines is 1. The predicted molar refractivity (Wildman–Crippen MR) is 58.9 cm³/mol. The molecule has 3 atom stereocenters. The van der Waals surface area contributed by atoms with Gasteiger partial charge in [-0.05, 0) is 6.42 Å². The number of hydrogen-bond donors (Lipinski definition) is 2. The summed E-state index contributed by atoms with van der Waals surface area (Å²) in [6.07, 6.45) is 4.21. The Morgan fingerprint density at radius 1 is 1.41 bits per heavy atom. The molecule has 1 amide bonds. The van der Waals surface area contributed by atoms with Crippen molar-refractivity contribution >= 4 is 23.3 Å². The summed E-state index contributed by atoms with van der Waals surface area (Å²) in [6.45, 7) is 0. The summed E-state index contributed by atoms with van der Waals surface area (Å²) in [6, 6.07) is -0.385. The van der Waals surface area contributed by atoms with E-state index in [9.17, 15) is 9.59 Å². The number of hydrogen-bond acceptors (Lipinski definition) is 4. The van der Waals surface area contributed by atoms with Crippen molar-refractivity contribution in [3.8, 4) is 0 Å². The van der Waals surface area contributed by atoms with Crippen molar-refractivity contribution in [1.82, 2.24) is 20.7 Å². The first-order valence-corrected chi connectivity index (χ1v) is 5.69. The molecule has 88 valence electrons. The van der Waals surface area contributed by atoms with Gasteiger partial charge in [0.25, 0.3) is 5.91 Å². The molecule has 1 aliphatic carbocycles. The van der Waals surface area contributed by atoms with E-state index in [-0.39, 0.29) is 34.5 Å². The largest absolute Gasteiger partial charge is 0.345 e. The summed E-state index contributed by atoms with van der Waals surface area (Å²) in [4.78, 5) is 24.1. The minimum atomic E-state index is -0.407. The van der Waals surface area contributed by atoms with E-state index in [1.165, 1.54) is 0 Å². The van der Waals surface area contributed by atoms with Crippen LogP contribution in [0.2, 0.25) is 0 Å². The molecule has 1 aromatic heterocycles. The quantitative estimate of drug-likeness (QED) is 0.513. The van der Waals surface area contributed by atoms with Gasteiger partial charge in [-0.25, -0.2) is 0 Å². The molecule has 0 bridgehead atoms. The predicted octanol–water partition coefficient (Wildman–Crippen LogP) is 0.283. The van der Waals surface area contributed by atoms with Crippen molar-refractivity contribution in [3.05, 3.63) is 23.5 Å². The Morgan fingerprint density at radius 3 is 3.06 bits per heavy atom. The van der Waals surface area contributed by atoms with Gasteiger partial charge < -0.3 is 5.32 Å². The fraction of sp³-hybridized carbons (Fsp3) is 0.400. The minimum Gasteiger partial charge on any atom is -0.345 e. The fourth-order valence-corrected chi connectivity index (χ4v) is 2.60. The van der Waals surface area contributed by atoms with E-state index in [0.717, 1.165) is 0 Å². The molecule has 0 saturated carbocycles. The van der Waals surface area contributed by atoms with Crippen LogP contribution in [-0.2, 0) is 0 Å². The van der Waals surface area contributed by atoms with Crippen molar-refractivity contribution in [2.24, 2.45) is 5.92 Å². The van der Waals surface area contributed by atoms with Gasteiger partial charge in [-0.2, -0.15) is 0 Å². The van der Waals surface area contributed by atoms with Crippen molar-refractivity contribution in [2.45, 2.75) is 17.8 Å². The number of amides is 1. The Labute approximate surface area is 101 Å². The van der Waals surface area contributed by atoms with Crippen LogP contribution in [0.5, 0.6) is 0 Å². The molecule has 17 heavy (non-hydrogen) atoms. The average molecular weight is 253 g/mol. The van der Waals surface area contributed by atoms with Gasteiger partial charge >= 0.3 is 0 Å². The van der Waals surface area contributed by atoms with Gasteiger partial charge in [0.15, 0.2) is 11.5 Å². The van der Waals surface area contributed by atoms with E-state index in [1.54, 1.807) is 6.08 Å². The van der Waals surface area contributed by atoms with Crippen LogP contribution in [-0.4, -0.2) is 38.5 Å². The molecule has 3 rings (SSSR count). The molecule has 1 aromatic rings. The number of rotatable bonds is 0. The van der Waals surface area contributed by atoms with Crippen LogP contribution in [0.4, 0.5) is 0 Å². The van der Waals surface area contributed by atoms with E-state index in [0.29, 0.717) is 6.42 Å². The third-order valence-corrected chi connectivity index (χ3v) is 3.55. The highest BCUT2D eigenvalue weighted by molar-refractivity contribution is 6.23. The van der Waals surface area contributed by atoms with E-state index in [1.807, 2.05) is 6.08 Å². The molecule has 0 fully saturated rings. The maximum atomic E-state index is 12.2. The van der Waals surface area contributed by atoms with Crippen molar-refractivity contribution in [2.75, 3.05) is 0 Å². The van der Waals surface area contributed by atoms with Gasteiger partial charge in [0, 0.05) is 5.92 Å². The number of halogens is 1. The molecule has 2 aliphatic rings. The summed E-state index contributed by atoms with van der Waals surface area (Å²) in [5, 5.41) is 12.0. The number of allylic oxidation sites excluding steroid dienone is 1. The van der Waals surface area contributed by atoms with Gasteiger partial charge in [-0.15, -0.1) is 16.7 Å². The van der Waals surface area contributed by atoms with Crippen molar-refractivity contribution < 1.29 is 9.59 Å². The summed E-state index contributed by atoms with van der Waals surface area (Å²) < 4.78 is 0. The number of carbonyl (C=O) groups excluding carboxylic acids is 2. The average Bonchev–Trinajstić information content (AvgIpc) is 2.76. The lowest BCUT2D eigenvalue weighted by Crippen LogP contribution is -2.47. The zero-order valence-corrected chi connectivity index (χ0v) is 9.44. The molecular weight excluding hydrogens is 244 g/mol. The molecule has 0 radical (unpaired) electrons. The SMILES string of the molecule is O=C1NC2C(Cl)C=CCC2C(=O)c2[nH]nnc21. The van der Waals surface area contributed by atoms with Gasteiger partial charge in [-0.1, -0.05) is 17.4 Å². The van der Waals surface area contributed by atoms with Crippen LogP contribution in [0, 0.1) is 5.92 Å². The van der Waals surface area contributed by atoms with Crippen LogP contribution in [0.3, 0.4) is 0 Å². The topological polar surface area (TPSA) is 87.7 Å². The number of carbonyl (C=O) groups is 2. The fourth-order valence-electron chi connectivity index (χ4n) is 2.26. The van der Waals surface area contributed by atoms with Crippen LogP contribution in [0.15, 0.2) is 12.2 Å². The molecule has 0 aromatic carbocycles. The van der Waals surface area contributed by atoms with Gasteiger partial charge in [0.05, 0.1) is 11.4 Å². The van der Waals surface area contributed by atoms with E-state index in [4.69, 9.17) is 11.6 Å². The summed E-state index contributed by atoms with van der Waals surface area (Å²) in [5.74, 6) is -0.922. The lowest BCUT2D eigenvalue weighted by molar-refractivity contribution is 0.0870. The normalized spacial score (nSPS) is 31.5. The summed E-state index contributed by atoms with van der Waals surface area (Å²) in [5.41, 5.74) is 0.224. The Balaban J connectivity index is 2.09. The van der Waals surface area contributed by atoms with Crippen LogP contribution < -0.4 is 5.32 Å². The highest BCUT2D eigenvalue weighted by atomic mass is 35.5. The monoisotopic (exact) mass is 252 g/mol. The number of aromatic nitrogens is 3. The minimum absolute atomic E-state index is 0.0493. The molecular formula is C10H9ClN4O2. The summed E-state index contributed by atoms with van der Waals surface area (Å²) in [7, 11) is 0. The lowest BCUT2D eigenvalue weighted by Gasteiger charge is -2.29. The maximum absolute atomic E-state index is 12.2. The molecule has 0 saturated heterocycles. The third-order valence-electron chi connectivity index (χ3n) is 3.13. The Bertz CT molecular complexity index is 524. The second kappa shape index (κ2) is 3.66. The van der Waals surface area contributed by atoms with Gasteiger partial charge in [0.1, 0.15) is 5.69 Å². The van der Waals surface area contributed by atoms with Crippen LogP contribution in [0.25, 0.3) is 0 Å². The zero-order chi connectivity index (χ0) is 12.0. The molecule has 2 heterocycles. The van der Waals surface area contributed by atoms with Crippen LogP contribution in [0.1, 0.15) is 27.4 Å². The first-order chi connectivity index (χ1) is 8.18. The number of nitrogens with one attached hydrogen (secondary N) is 2. The highest BCUT2D eigenvalue weighted by Gasteiger charge is 2.41. The maximum Gasteiger partial charge on any atom is 0.274 e. The number of fused-ring (bicyclic) bond motifs is 2. The number of Topliss-reactive ketones (excluding diaryl/α,β-unsaturated/α-hetero) is 1. The lowest BCUT2D eigenvalue weighted by atomic mass is 9.85. The number of H-pyrrole nitrogens is 1. The van der Waals surface area contributed by atoms with Crippen molar-refractivity contribution in [3.63, 3.8) is 0 Å². The number of alkyl halides is 1. The van der Waals surface area contributed by atoms with Crippen LogP contribution >= 0.6 is 11.6 Å². The van der Waals surface area contributed by atoms with E-state index >= 15 is 0 Å². The molecule has 1 aliphatic heterocycles. The summed E-state index contributed by atoms with van der Waals surface area (Å²) >= 11 is 6.10. The Kier molecular flexibility index (Phi) is 2.25. The second-order valence-corrected chi connectivity index (χ2v) is 4.62. The molecule has 2 N–H and O–H groups in total. The Hall–Kier alpha value is -1.69. The van der Waals surface area contributed by atoms with E-state index in [2.05, 4.69) is 20.7 Å². The first-order valence-electron chi connectivity index (χ1n) is 5.25. The second-order valence-electron chi connectivity index (χ2n) is 4.11. The molecule has 6 nitrogen and oxygen atoms in total. The molecule has 3 unspecified atom stereocenters. The molecule has 7 heteroatoms. The first kappa shape index (κ1) is 10.5. The number of nitrogens with zero attached hydrogens (tertiary/aromatic N) is 2. The van der Waals surface area contributed by atoms with Crippen molar-refractivity contribution in [1.29, 1.82) is 0 Å². The zero-order valence-electron chi connectivity index (χ0n) is 8.68. The number of ketones is 1. The Morgan fingerprint density at radius 2 is 2.24 bits per heavy atom. The third kappa shape index (κ3) is 1.48.